The summed E-state index contributed by atoms with van der Waals surface area (Å²) in [5.41, 5.74) is 0.935. The number of fused-ring (bicyclic) bond motifs is 1. The molecule has 0 bridgehead atoms. The highest BCUT2D eigenvalue weighted by Crippen LogP contribution is 2.41. The van der Waals surface area contributed by atoms with Crippen molar-refractivity contribution >= 4 is 23.4 Å². The molecule has 3 rings (SSSR count). The van der Waals surface area contributed by atoms with E-state index in [9.17, 15) is 19.1 Å². The molecule has 0 radical (unpaired) electrons. The van der Waals surface area contributed by atoms with Crippen molar-refractivity contribution in [3.05, 3.63) is 23.5 Å². The number of hydrogen-bond acceptors (Lipinski definition) is 5. The predicted molar refractivity (Wildman–Crippen MR) is 99.3 cm³/mol. The number of hydrogen-bond donors (Lipinski definition) is 3. The van der Waals surface area contributed by atoms with Crippen LogP contribution in [0.15, 0.2) is 12.1 Å². The third-order valence-corrected chi connectivity index (χ3v) is 4.33. The number of aliphatic hydroxyl groups is 1. The van der Waals surface area contributed by atoms with Crippen LogP contribution in [-0.2, 0) is 16.0 Å². The van der Waals surface area contributed by atoms with Crippen LogP contribution < -0.4 is 15.5 Å². The Morgan fingerprint density at radius 3 is 2.70 bits per heavy atom. The van der Waals surface area contributed by atoms with Gasteiger partial charge in [0.2, 0.25) is 5.91 Å². The fraction of sp³-hybridized carbons (Fsp3) is 0.579. The maximum Gasteiger partial charge on any atom is 0.407 e. The maximum absolute atomic E-state index is 14.5. The van der Waals surface area contributed by atoms with Crippen molar-refractivity contribution in [2.45, 2.75) is 57.8 Å². The summed E-state index contributed by atoms with van der Waals surface area (Å²) in [4.78, 5) is 25.3. The summed E-state index contributed by atoms with van der Waals surface area (Å²) >= 11 is 0. The van der Waals surface area contributed by atoms with E-state index in [-0.39, 0.29) is 31.5 Å². The van der Waals surface area contributed by atoms with Crippen molar-refractivity contribution in [2.75, 3.05) is 23.3 Å². The average Bonchev–Trinajstić information content (AvgIpc) is 3.32. The normalized spacial score (nSPS) is 17.5. The molecule has 1 aliphatic heterocycles. The molecule has 1 unspecified atom stereocenters. The Morgan fingerprint density at radius 1 is 1.37 bits per heavy atom. The van der Waals surface area contributed by atoms with E-state index in [2.05, 4.69) is 10.6 Å². The second kappa shape index (κ2) is 7.34. The Bertz CT molecular complexity index is 743. The van der Waals surface area contributed by atoms with E-state index in [1.165, 1.54) is 6.07 Å². The zero-order valence-corrected chi connectivity index (χ0v) is 15.8. The number of carbonyl (C=O) groups is 2. The van der Waals surface area contributed by atoms with Gasteiger partial charge in [-0.15, -0.1) is 0 Å². The van der Waals surface area contributed by atoms with Crippen LogP contribution in [0.4, 0.5) is 20.6 Å². The standard InChI is InChI=1S/C19H26FN3O4/c1-19(2,3)27-18(26)22-10-14(24)9-21-12-6-11-7-16(25)23(13-4-5-13)17(11)15(20)8-12/h6,8,13-14,21,24H,4-5,7,9-10H2,1-3H3,(H,22,26). The van der Waals surface area contributed by atoms with Crippen molar-refractivity contribution in [2.24, 2.45) is 0 Å². The van der Waals surface area contributed by atoms with Crippen LogP contribution in [0, 0.1) is 5.82 Å². The molecular formula is C19H26FN3O4. The fourth-order valence-corrected chi connectivity index (χ4v) is 3.08. The molecule has 148 valence electrons. The Morgan fingerprint density at radius 2 is 2.07 bits per heavy atom. The minimum atomic E-state index is -0.876. The van der Waals surface area contributed by atoms with Crippen LogP contribution in [0.3, 0.4) is 0 Å². The van der Waals surface area contributed by atoms with Crippen molar-refractivity contribution in [3.8, 4) is 0 Å². The molecule has 0 saturated heterocycles. The van der Waals surface area contributed by atoms with Gasteiger partial charge in [-0.05, 0) is 51.3 Å². The molecule has 2 amide bonds. The topological polar surface area (TPSA) is 90.9 Å². The van der Waals surface area contributed by atoms with Crippen LogP contribution in [0.1, 0.15) is 39.2 Å². The van der Waals surface area contributed by atoms with Gasteiger partial charge in [-0.3, -0.25) is 4.79 Å². The van der Waals surface area contributed by atoms with E-state index in [4.69, 9.17) is 4.74 Å². The van der Waals surface area contributed by atoms with E-state index in [1.54, 1.807) is 31.7 Å². The van der Waals surface area contributed by atoms with Crippen LogP contribution in [0.2, 0.25) is 0 Å². The number of rotatable bonds is 6. The van der Waals surface area contributed by atoms with E-state index in [1.807, 2.05) is 0 Å². The monoisotopic (exact) mass is 379 g/mol. The Balaban J connectivity index is 1.53. The van der Waals surface area contributed by atoms with E-state index in [0.717, 1.165) is 12.8 Å². The summed E-state index contributed by atoms with van der Waals surface area (Å²) in [6.07, 6.45) is 0.548. The molecule has 8 heteroatoms. The molecule has 0 spiro atoms. The van der Waals surface area contributed by atoms with E-state index < -0.39 is 23.6 Å². The summed E-state index contributed by atoms with van der Waals surface area (Å²) in [7, 11) is 0. The van der Waals surface area contributed by atoms with Gasteiger partial charge in [0, 0.05) is 24.8 Å². The van der Waals surface area contributed by atoms with Crippen molar-refractivity contribution in [3.63, 3.8) is 0 Å². The number of amides is 2. The van der Waals surface area contributed by atoms with Gasteiger partial charge in [-0.25, -0.2) is 9.18 Å². The first-order valence-corrected chi connectivity index (χ1v) is 9.17. The summed E-state index contributed by atoms with van der Waals surface area (Å²) < 4.78 is 19.6. The minimum Gasteiger partial charge on any atom is -0.444 e. The molecule has 3 N–H and O–H groups in total. The number of anilines is 2. The number of aliphatic hydroxyl groups excluding tert-OH is 1. The van der Waals surface area contributed by atoms with E-state index in [0.29, 0.717) is 16.9 Å². The van der Waals surface area contributed by atoms with Crippen LogP contribution >= 0.6 is 0 Å². The van der Waals surface area contributed by atoms with Gasteiger partial charge in [-0.1, -0.05) is 0 Å². The van der Waals surface area contributed by atoms with Gasteiger partial charge in [0.05, 0.1) is 18.2 Å². The van der Waals surface area contributed by atoms with Gasteiger partial charge in [-0.2, -0.15) is 0 Å². The smallest absolute Gasteiger partial charge is 0.407 e. The number of benzene rings is 1. The Labute approximate surface area is 157 Å². The molecular weight excluding hydrogens is 353 g/mol. The highest BCUT2D eigenvalue weighted by atomic mass is 19.1. The SMILES string of the molecule is CC(C)(C)OC(=O)NCC(O)CNc1cc(F)c2c(c1)CC(=O)N2C1CC1. The lowest BCUT2D eigenvalue weighted by Gasteiger charge is -2.21. The average molecular weight is 379 g/mol. The first-order valence-electron chi connectivity index (χ1n) is 9.17. The summed E-state index contributed by atoms with van der Waals surface area (Å²) in [5.74, 6) is -0.501. The summed E-state index contributed by atoms with van der Waals surface area (Å²) in [5, 5.41) is 15.4. The lowest BCUT2D eigenvalue weighted by atomic mass is 10.1. The molecule has 27 heavy (non-hydrogen) atoms. The number of ether oxygens (including phenoxy) is 1. The molecule has 1 aliphatic carbocycles. The second-order valence-electron chi connectivity index (χ2n) is 8.06. The summed E-state index contributed by atoms with van der Waals surface area (Å²) in [6.45, 7) is 5.38. The largest absolute Gasteiger partial charge is 0.444 e. The number of carbonyl (C=O) groups excluding carboxylic acids is 2. The third kappa shape index (κ3) is 4.88. The predicted octanol–water partition coefficient (Wildman–Crippen LogP) is 2.17. The molecule has 0 aromatic heterocycles. The van der Waals surface area contributed by atoms with Gasteiger partial charge in [0.1, 0.15) is 11.4 Å². The first kappa shape index (κ1) is 19.4. The third-order valence-electron chi connectivity index (χ3n) is 4.33. The molecule has 1 fully saturated rings. The molecule has 1 atom stereocenters. The zero-order valence-electron chi connectivity index (χ0n) is 15.8. The first-order chi connectivity index (χ1) is 12.6. The second-order valence-corrected chi connectivity index (χ2v) is 8.06. The van der Waals surface area contributed by atoms with Crippen molar-refractivity contribution < 1.29 is 23.8 Å². The molecule has 1 saturated carbocycles. The van der Waals surface area contributed by atoms with Crippen molar-refractivity contribution in [1.29, 1.82) is 0 Å². The molecule has 1 aromatic carbocycles. The molecule has 1 heterocycles. The number of halogens is 1. The highest BCUT2D eigenvalue weighted by Gasteiger charge is 2.40. The Hall–Kier alpha value is -2.35. The quantitative estimate of drug-likeness (QED) is 0.705. The number of nitrogens with zero attached hydrogens (tertiary/aromatic N) is 1. The summed E-state index contributed by atoms with van der Waals surface area (Å²) in [6, 6.07) is 3.21. The van der Waals surface area contributed by atoms with Crippen LogP contribution in [0.5, 0.6) is 0 Å². The maximum atomic E-state index is 14.5. The number of alkyl carbamates (subject to hydrolysis) is 1. The highest BCUT2D eigenvalue weighted by molar-refractivity contribution is 6.02. The van der Waals surface area contributed by atoms with E-state index >= 15 is 0 Å². The fourth-order valence-electron chi connectivity index (χ4n) is 3.08. The lowest BCUT2D eigenvalue weighted by molar-refractivity contribution is -0.117. The van der Waals surface area contributed by atoms with Crippen LogP contribution in [0.25, 0.3) is 0 Å². The molecule has 1 aromatic rings. The Kier molecular flexibility index (Phi) is 5.28. The molecule has 7 nitrogen and oxygen atoms in total. The number of nitrogens with one attached hydrogen (secondary N) is 2. The zero-order chi connectivity index (χ0) is 19.8. The minimum absolute atomic E-state index is 0.00325. The van der Waals surface area contributed by atoms with Crippen molar-refractivity contribution in [1.82, 2.24) is 5.32 Å². The van der Waals surface area contributed by atoms with Gasteiger partial charge < -0.3 is 25.4 Å². The van der Waals surface area contributed by atoms with Gasteiger partial charge >= 0.3 is 6.09 Å². The molecule has 2 aliphatic rings. The lowest BCUT2D eigenvalue weighted by Crippen LogP contribution is -2.39. The van der Waals surface area contributed by atoms with Gasteiger partial charge in [0.25, 0.3) is 0 Å². The van der Waals surface area contributed by atoms with Crippen LogP contribution in [-0.4, -0.2) is 47.9 Å². The van der Waals surface area contributed by atoms with Gasteiger partial charge in [0.15, 0.2) is 0 Å².